The molecule has 0 unspecified atom stereocenters. The number of nitrogens with one attached hydrogen (secondary N) is 1. The molecule has 0 atom stereocenters. The fourth-order valence-corrected chi connectivity index (χ4v) is 2.78. The monoisotopic (exact) mass is 317 g/mol. The van der Waals surface area contributed by atoms with Gasteiger partial charge < -0.3 is 0 Å². The Kier molecular flexibility index (Phi) is 3.99. The van der Waals surface area contributed by atoms with Gasteiger partial charge in [0.15, 0.2) is 9.84 Å². The molecule has 1 aromatic carbocycles. The van der Waals surface area contributed by atoms with Crippen molar-refractivity contribution in [3.05, 3.63) is 23.8 Å². The summed E-state index contributed by atoms with van der Waals surface area (Å²) in [4.78, 5) is -1.47. The van der Waals surface area contributed by atoms with E-state index in [2.05, 4.69) is 0 Å². The van der Waals surface area contributed by atoms with E-state index in [0.29, 0.717) is 24.5 Å². The number of hydrogen-bond donors (Lipinski definition) is 1. The van der Waals surface area contributed by atoms with Gasteiger partial charge in [0.25, 0.3) is 0 Å². The lowest BCUT2D eigenvalue weighted by atomic mass is 10.2. The van der Waals surface area contributed by atoms with E-state index in [0.717, 1.165) is 7.05 Å². The van der Waals surface area contributed by atoms with Crippen LogP contribution in [0, 0.1) is 0 Å². The molecule has 1 rings (SSSR count). The predicted molar refractivity (Wildman–Crippen MR) is 60.8 cm³/mol. The molecule has 0 saturated heterocycles. The molecule has 0 aliphatic heterocycles. The van der Waals surface area contributed by atoms with E-state index in [4.69, 9.17) is 0 Å². The van der Waals surface area contributed by atoms with Gasteiger partial charge in [0.1, 0.15) is 0 Å². The zero-order valence-electron chi connectivity index (χ0n) is 9.82. The minimum atomic E-state index is -4.85. The maximum atomic E-state index is 12.6. The normalized spacial score (nSPS) is 13.5. The highest BCUT2D eigenvalue weighted by Gasteiger charge is 2.33. The van der Waals surface area contributed by atoms with Crippen molar-refractivity contribution in [2.45, 2.75) is 16.0 Å². The highest BCUT2D eigenvalue weighted by molar-refractivity contribution is 7.91. The highest BCUT2D eigenvalue weighted by atomic mass is 32.2. The summed E-state index contributed by atoms with van der Waals surface area (Å²) in [7, 11) is -7.14. The molecule has 0 aliphatic carbocycles. The first kappa shape index (κ1) is 15.9. The molecule has 108 valence electrons. The maximum absolute atomic E-state index is 12.6. The molecule has 0 bridgehead atoms. The summed E-state index contributed by atoms with van der Waals surface area (Å²) < 4.78 is 85.2. The summed E-state index contributed by atoms with van der Waals surface area (Å²) in [6.45, 7) is 0. The average Bonchev–Trinajstić information content (AvgIpc) is 2.26. The summed E-state index contributed by atoms with van der Waals surface area (Å²) in [5.74, 6) is 0. The largest absolute Gasteiger partial charge is 0.416 e. The zero-order valence-corrected chi connectivity index (χ0v) is 11.4. The number of halogens is 3. The van der Waals surface area contributed by atoms with Gasteiger partial charge in [-0.3, -0.25) is 0 Å². The number of alkyl halides is 3. The van der Waals surface area contributed by atoms with E-state index >= 15 is 0 Å². The fourth-order valence-electron chi connectivity index (χ4n) is 1.22. The third kappa shape index (κ3) is 3.67. The Morgan fingerprint density at radius 1 is 1.00 bits per heavy atom. The molecule has 10 heteroatoms. The lowest BCUT2D eigenvalue weighted by Gasteiger charge is -2.11. The summed E-state index contributed by atoms with van der Waals surface area (Å²) in [5.41, 5.74) is -1.34. The minimum absolute atomic E-state index is 0.376. The van der Waals surface area contributed by atoms with Crippen LogP contribution < -0.4 is 4.72 Å². The Morgan fingerprint density at radius 2 is 1.47 bits per heavy atom. The SMILES string of the molecule is CNS(=O)(=O)c1cc(C(F)(F)F)cc(S(C)(=O)=O)c1. The van der Waals surface area contributed by atoms with E-state index in [1.165, 1.54) is 0 Å². The van der Waals surface area contributed by atoms with Gasteiger partial charge in [-0.15, -0.1) is 0 Å². The minimum Gasteiger partial charge on any atom is -0.224 e. The number of hydrogen-bond acceptors (Lipinski definition) is 4. The van der Waals surface area contributed by atoms with Crippen LogP contribution in [0.4, 0.5) is 13.2 Å². The Morgan fingerprint density at radius 3 is 1.84 bits per heavy atom. The van der Waals surface area contributed by atoms with Crippen LogP contribution in [-0.4, -0.2) is 30.1 Å². The van der Waals surface area contributed by atoms with Crippen molar-refractivity contribution >= 4 is 19.9 Å². The summed E-state index contributed by atoms with van der Waals surface area (Å²) in [6, 6.07) is 1.45. The zero-order chi connectivity index (χ0) is 15.1. The van der Waals surface area contributed by atoms with Gasteiger partial charge in [-0.25, -0.2) is 21.6 Å². The van der Waals surface area contributed by atoms with E-state index in [9.17, 15) is 30.0 Å². The van der Waals surface area contributed by atoms with Crippen molar-refractivity contribution in [2.24, 2.45) is 0 Å². The van der Waals surface area contributed by atoms with Gasteiger partial charge >= 0.3 is 6.18 Å². The molecule has 0 saturated carbocycles. The third-order valence-corrected chi connectivity index (χ3v) is 4.70. The van der Waals surface area contributed by atoms with Gasteiger partial charge in [-0.1, -0.05) is 0 Å². The lowest BCUT2D eigenvalue weighted by Crippen LogP contribution is -2.20. The molecule has 0 radical (unpaired) electrons. The molecular weight excluding hydrogens is 307 g/mol. The average molecular weight is 317 g/mol. The second-order valence-electron chi connectivity index (χ2n) is 3.67. The van der Waals surface area contributed by atoms with Crippen molar-refractivity contribution in [2.75, 3.05) is 13.3 Å². The van der Waals surface area contributed by atoms with Crippen LogP contribution >= 0.6 is 0 Å². The molecule has 0 heterocycles. The Labute approximate surface area is 108 Å². The molecule has 1 aromatic rings. The second kappa shape index (κ2) is 4.76. The standard InChI is InChI=1S/C9H10F3NO4S2/c1-13-19(16,17)8-4-6(9(10,11)12)3-7(5-8)18(2,14)15/h3-5,13H,1-2H3. The lowest BCUT2D eigenvalue weighted by molar-refractivity contribution is -0.137. The van der Waals surface area contributed by atoms with Crippen LogP contribution in [0.2, 0.25) is 0 Å². The Bertz CT molecular complexity index is 693. The molecule has 0 amide bonds. The first-order valence-electron chi connectivity index (χ1n) is 4.74. The number of sulfone groups is 1. The van der Waals surface area contributed by atoms with Crippen LogP contribution in [0.1, 0.15) is 5.56 Å². The Hall–Kier alpha value is -1.13. The molecular formula is C9H10F3NO4S2. The summed E-state index contributed by atoms with van der Waals surface area (Å²) in [5, 5.41) is 0. The molecule has 5 nitrogen and oxygen atoms in total. The number of rotatable bonds is 3. The molecule has 0 aliphatic rings. The Balaban J connectivity index is 3.70. The number of benzene rings is 1. The van der Waals surface area contributed by atoms with E-state index < -0.39 is 41.4 Å². The van der Waals surface area contributed by atoms with Gasteiger partial charge in [-0.05, 0) is 25.2 Å². The van der Waals surface area contributed by atoms with Crippen LogP contribution in [-0.2, 0) is 26.0 Å². The van der Waals surface area contributed by atoms with Gasteiger partial charge in [0, 0.05) is 6.26 Å². The third-order valence-electron chi connectivity index (χ3n) is 2.21. The first-order chi connectivity index (χ1) is 8.38. The molecule has 1 N–H and O–H groups in total. The molecule has 0 spiro atoms. The van der Waals surface area contributed by atoms with Crippen LogP contribution in [0.5, 0.6) is 0 Å². The van der Waals surface area contributed by atoms with Crippen LogP contribution in [0.15, 0.2) is 28.0 Å². The van der Waals surface area contributed by atoms with Crippen molar-refractivity contribution in [3.8, 4) is 0 Å². The van der Waals surface area contributed by atoms with Gasteiger partial charge in [0.2, 0.25) is 10.0 Å². The van der Waals surface area contributed by atoms with Gasteiger partial charge in [-0.2, -0.15) is 13.2 Å². The summed E-state index contributed by atoms with van der Waals surface area (Å²) >= 11 is 0. The van der Waals surface area contributed by atoms with Crippen molar-refractivity contribution < 1.29 is 30.0 Å². The quantitative estimate of drug-likeness (QED) is 0.902. The summed E-state index contributed by atoms with van der Waals surface area (Å²) in [6.07, 6.45) is -4.16. The second-order valence-corrected chi connectivity index (χ2v) is 7.57. The smallest absolute Gasteiger partial charge is 0.224 e. The van der Waals surface area contributed by atoms with Crippen LogP contribution in [0.25, 0.3) is 0 Å². The maximum Gasteiger partial charge on any atom is 0.416 e. The predicted octanol–water partition coefficient (Wildman–Crippen LogP) is 1.02. The van der Waals surface area contributed by atoms with Gasteiger partial charge in [0.05, 0.1) is 15.4 Å². The molecule has 0 aromatic heterocycles. The van der Waals surface area contributed by atoms with E-state index in [1.54, 1.807) is 0 Å². The molecule has 0 fully saturated rings. The number of sulfonamides is 1. The molecule has 19 heavy (non-hydrogen) atoms. The van der Waals surface area contributed by atoms with Crippen molar-refractivity contribution in [3.63, 3.8) is 0 Å². The van der Waals surface area contributed by atoms with E-state index in [1.807, 2.05) is 4.72 Å². The van der Waals surface area contributed by atoms with E-state index in [-0.39, 0.29) is 0 Å². The fraction of sp³-hybridized carbons (Fsp3) is 0.333. The van der Waals surface area contributed by atoms with Crippen molar-refractivity contribution in [1.82, 2.24) is 4.72 Å². The first-order valence-corrected chi connectivity index (χ1v) is 8.11. The highest BCUT2D eigenvalue weighted by Crippen LogP contribution is 2.32. The topological polar surface area (TPSA) is 80.3 Å². The van der Waals surface area contributed by atoms with Crippen molar-refractivity contribution in [1.29, 1.82) is 0 Å². The van der Waals surface area contributed by atoms with Crippen LogP contribution in [0.3, 0.4) is 0 Å².